The molecule has 2 rings (SSSR count). The molecule has 0 saturated carbocycles. The van der Waals surface area contributed by atoms with E-state index in [-0.39, 0.29) is 11.2 Å². The lowest BCUT2D eigenvalue weighted by atomic mass is 9.89. The summed E-state index contributed by atoms with van der Waals surface area (Å²) in [6, 6.07) is 9.95. The standard InChI is InChI=1S/C12H12O.C8H18O2.2C2H6/c1-8-7-12(13)9(2)11-6-4-3-5-10(8)11;1-7(2,9-5)8(3,4)10-6;2*1-2/h3-7,13H,1-2H3;1-6H3;2*1-2H3. The molecule has 0 spiro atoms. The molecule has 0 unspecified atom stereocenters. The molecule has 0 heterocycles. The van der Waals surface area contributed by atoms with Crippen molar-refractivity contribution in [1.29, 1.82) is 0 Å². The first kappa shape index (κ1) is 27.6. The summed E-state index contributed by atoms with van der Waals surface area (Å²) in [7, 11) is 3.39. The SMILES string of the molecule is CC.CC.COC(C)(C)C(C)(C)OC.Cc1cc(O)c(C)c2ccccc12. The summed E-state index contributed by atoms with van der Waals surface area (Å²) in [5.41, 5.74) is 1.61. The van der Waals surface area contributed by atoms with Gasteiger partial charge in [-0.1, -0.05) is 52.0 Å². The minimum atomic E-state index is -0.234. The number of phenols is 1. The number of fused-ring (bicyclic) bond motifs is 1. The van der Waals surface area contributed by atoms with E-state index >= 15 is 0 Å². The van der Waals surface area contributed by atoms with Crippen LogP contribution in [0.5, 0.6) is 5.75 Å². The lowest BCUT2D eigenvalue weighted by Gasteiger charge is -2.38. The highest BCUT2D eigenvalue weighted by Gasteiger charge is 2.36. The zero-order valence-electron chi connectivity index (χ0n) is 19.7. The van der Waals surface area contributed by atoms with E-state index in [0.29, 0.717) is 5.75 Å². The second-order valence-electron chi connectivity index (χ2n) is 6.81. The Balaban J connectivity index is 0. The van der Waals surface area contributed by atoms with E-state index in [0.717, 1.165) is 16.5 Å². The van der Waals surface area contributed by atoms with E-state index in [1.54, 1.807) is 14.2 Å². The highest BCUT2D eigenvalue weighted by atomic mass is 16.5. The molecular weight excluding hydrogens is 336 g/mol. The average molecular weight is 379 g/mol. The minimum absolute atomic E-state index is 0.234. The number of ether oxygens (including phenoxy) is 2. The Morgan fingerprint density at radius 2 is 1.11 bits per heavy atom. The van der Waals surface area contributed by atoms with Crippen LogP contribution in [0.4, 0.5) is 0 Å². The van der Waals surface area contributed by atoms with Crippen LogP contribution in [0, 0.1) is 13.8 Å². The van der Waals surface area contributed by atoms with Crippen molar-refractivity contribution in [3.63, 3.8) is 0 Å². The molecule has 2 aromatic carbocycles. The normalized spacial score (nSPS) is 10.7. The number of hydrogen-bond acceptors (Lipinski definition) is 3. The third-order valence-corrected chi connectivity index (χ3v) is 4.96. The first-order chi connectivity index (χ1) is 12.6. The molecule has 2 aromatic rings. The average Bonchev–Trinajstić information content (AvgIpc) is 2.69. The predicted octanol–water partition coefficient (Wildman–Crippen LogP) is 7.05. The predicted molar refractivity (Wildman–Crippen MR) is 120 cm³/mol. The van der Waals surface area contributed by atoms with E-state index in [9.17, 15) is 5.11 Å². The first-order valence-corrected chi connectivity index (χ1v) is 9.85. The number of aryl methyl sites for hydroxylation is 2. The molecule has 0 aliphatic carbocycles. The van der Waals surface area contributed by atoms with Gasteiger partial charge in [0.05, 0.1) is 11.2 Å². The topological polar surface area (TPSA) is 38.7 Å². The molecular formula is C24H42O3. The fourth-order valence-electron chi connectivity index (χ4n) is 2.17. The summed E-state index contributed by atoms with van der Waals surface area (Å²) in [5.74, 6) is 0.385. The molecule has 0 amide bonds. The van der Waals surface area contributed by atoms with E-state index in [1.807, 2.05) is 93.5 Å². The number of methoxy groups -OCH3 is 2. The lowest BCUT2D eigenvalue weighted by Crippen LogP contribution is -2.48. The minimum Gasteiger partial charge on any atom is -0.508 e. The number of rotatable bonds is 3. The molecule has 0 aliphatic rings. The first-order valence-electron chi connectivity index (χ1n) is 9.85. The molecule has 0 aliphatic heterocycles. The third-order valence-electron chi connectivity index (χ3n) is 4.96. The van der Waals surface area contributed by atoms with Gasteiger partial charge in [-0.05, 0) is 69.5 Å². The van der Waals surface area contributed by atoms with Crippen LogP contribution in [0.15, 0.2) is 30.3 Å². The van der Waals surface area contributed by atoms with Crippen LogP contribution in [0.25, 0.3) is 10.8 Å². The molecule has 0 bridgehead atoms. The van der Waals surface area contributed by atoms with Crippen molar-refractivity contribution in [2.24, 2.45) is 0 Å². The van der Waals surface area contributed by atoms with Crippen LogP contribution in [-0.2, 0) is 9.47 Å². The fourth-order valence-corrected chi connectivity index (χ4v) is 2.17. The van der Waals surface area contributed by atoms with Crippen molar-refractivity contribution in [2.75, 3.05) is 14.2 Å². The van der Waals surface area contributed by atoms with Crippen molar-refractivity contribution in [3.8, 4) is 5.75 Å². The maximum atomic E-state index is 9.60. The highest BCUT2D eigenvalue weighted by Crippen LogP contribution is 2.29. The van der Waals surface area contributed by atoms with E-state index in [1.165, 1.54) is 5.39 Å². The Bertz CT molecular complexity index is 644. The Morgan fingerprint density at radius 3 is 1.48 bits per heavy atom. The second kappa shape index (κ2) is 12.7. The van der Waals surface area contributed by atoms with Gasteiger partial charge in [0.25, 0.3) is 0 Å². The summed E-state index contributed by atoms with van der Waals surface area (Å²) < 4.78 is 10.5. The van der Waals surface area contributed by atoms with Gasteiger partial charge < -0.3 is 14.6 Å². The third kappa shape index (κ3) is 7.51. The molecule has 0 saturated heterocycles. The number of benzene rings is 2. The maximum absolute atomic E-state index is 9.60. The Hall–Kier alpha value is -1.58. The molecule has 27 heavy (non-hydrogen) atoms. The fraction of sp³-hybridized carbons (Fsp3) is 0.583. The van der Waals surface area contributed by atoms with Crippen LogP contribution in [0.2, 0.25) is 0 Å². The molecule has 0 aromatic heterocycles. The van der Waals surface area contributed by atoms with E-state index < -0.39 is 0 Å². The zero-order valence-corrected chi connectivity index (χ0v) is 19.7. The van der Waals surface area contributed by atoms with Crippen molar-refractivity contribution >= 4 is 10.8 Å². The van der Waals surface area contributed by atoms with E-state index in [2.05, 4.69) is 6.07 Å². The van der Waals surface area contributed by atoms with Gasteiger partial charge in [0.2, 0.25) is 0 Å². The number of hydrogen-bond donors (Lipinski definition) is 1. The van der Waals surface area contributed by atoms with Crippen LogP contribution >= 0.6 is 0 Å². The lowest BCUT2D eigenvalue weighted by molar-refractivity contribution is -0.147. The summed E-state index contributed by atoms with van der Waals surface area (Å²) >= 11 is 0. The quantitative estimate of drug-likeness (QED) is 0.622. The van der Waals surface area contributed by atoms with Crippen LogP contribution in [-0.4, -0.2) is 30.5 Å². The van der Waals surface area contributed by atoms with Gasteiger partial charge in [-0.2, -0.15) is 0 Å². The van der Waals surface area contributed by atoms with Crippen LogP contribution < -0.4 is 0 Å². The Labute approximate surface area is 167 Å². The molecule has 1 N–H and O–H groups in total. The summed E-state index contributed by atoms with van der Waals surface area (Å²) in [5, 5.41) is 12.0. The smallest absolute Gasteiger partial charge is 0.119 e. The molecule has 0 fully saturated rings. The van der Waals surface area contributed by atoms with Crippen molar-refractivity contribution in [1.82, 2.24) is 0 Å². The van der Waals surface area contributed by atoms with Gasteiger partial charge in [-0.15, -0.1) is 0 Å². The van der Waals surface area contributed by atoms with Crippen molar-refractivity contribution < 1.29 is 14.6 Å². The summed E-state index contributed by atoms with van der Waals surface area (Å²) in [6.07, 6.45) is 0. The largest absolute Gasteiger partial charge is 0.508 e. The van der Waals surface area contributed by atoms with Gasteiger partial charge in [0, 0.05) is 14.2 Å². The molecule has 0 radical (unpaired) electrons. The van der Waals surface area contributed by atoms with Crippen molar-refractivity contribution in [2.45, 2.75) is 80.4 Å². The Kier molecular flexibility index (Phi) is 13.0. The van der Waals surface area contributed by atoms with E-state index in [4.69, 9.17) is 9.47 Å². The monoisotopic (exact) mass is 378 g/mol. The summed E-state index contributed by atoms with van der Waals surface area (Å²) in [6.45, 7) is 20.0. The highest BCUT2D eigenvalue weighted by molar-refractivity contribution is 5.90. The summed E-state index contributed by atoms with van der Waals surface area (Å²) in [4.78, 5) is 0. The van der Waals surface area contributed by atoms with Crippen molar-refractivity contribution in [3.05, 3.63) is 41.5 Å². The molecule has 156 valence electrons. The van der Waals surface area contributed by atoms with Gasteiger partial charge in [0.15, 0.2) is 0 Å². The Morgan fingerprint density at radius 1 is 0.741 bits per heavy atom. The molecule has 3 heteroatoms. The maximum Gasteiger partial charge on any atom is 0.119 e. The van der Waals surface area contributed by atoms with Crippen LogP contribution in [0.1, 0.15) is 66.5 Å². The van der Waals surface area contributed by atoms with Gasteiger partial charge in [-0.3, -0.25) is 0 Å². The molecule has 0 atom stereocenters. The van der Waals surface area contributed by atoms with Crippen LogP contribution in [0.3, 0.4) is 0 Å². The number of phenolic OH excluding ortho intramolecular Hbond substituents is 1. The van der Waals surface area contributed by atoms with Gasteiger partial charge >= 0.3 is 0 Å². The second-order valence-corrected chi connectivity index (χ2v) is 6.81. The van der Waals surface area contributed by atoms with Gasteiger partial charge in [0.1, 0.15) is 5.75 Å². The molecule has 3 nitrogen and oxygen atoms in total. The zero-order chi connectivity index (χ0) is 21.8. The van der Waals surface area contributed by atoms with Gasteiger partial charge in [-0.25, -0.2) is 0 Å². The number of aromatic hydroxyl groups is 1.